The summed E-state index contributed by atoms with van der Waals surface area (Å²) < 4.78 is 0. The molecule has 0 saturated heterocycles. The molecule has 0 bridgehead atoms. The Morgan fingerprint density at radius 1 is 0.745 bits per heavy atom. The lowest BCUT2D eigenvalue weighted by molar-refractivity contribution is -0.145. The van der Waals surface area contributed by atoms with Gasteiger partial charge in [-0.2, -0.15) is 0 Å². The quantitative estimate of drug-likeness (QED) is 0.0705. The fourth-order valence-corrected chi connectivity index (χ4v) is 4.38. The predicted molar refractivity (Wildman–Crippen MR) is 166 cm³/mol. The molecule has 1 rings (SSSR count). The van der Waals surface area contributed by atoms with Crippen LogP contribution in [0.4, 0.5) is 0 Å². The van der Waals surface area contributed by atoms with Gasteiger partial charge < -0.3 is 52.6 Å². The molecule has 0 aliphatic heterocycles. The summed E-state index contributed by atoms with van der Waals surface area (Å²) in [6, 6.07) is -7.92. The summed E-state index contributed by atoms with van der Waals surface area (Å²) in [4.78, 5) is 94.4. The number of aliphatic hydroxyl groups excluding tert-OH is 1. The van der Waals surface area contributed by atoms with Crippen LogP contribution in [0.2, 0.25) is 0 Å². The van der Waals surface area contributed by atoms with Crippen LogP contribution in [0.25, 0.3) is 0 Å². The number of nitrogens with two attached hydrogens (primary N) is 1. The molecule has 1 aromatic heterocycles. The number of carboxylic acids is 2. The molecule has 1 heterocycles. The SMILES string of the molecule is CC(C)CC(NC(=O)C(N)CC(=O)O)C(=O)NC(C)C(=O)NC(Cc1cnc[nH]1)C(=O)NC(CC(C)C)C(=O)NC(C(=O)O)C(C)O. The monoisotopic (exact) mass is 668 g/mol. The highest BCUT2D eigenvalue weighted by Crippen LogP contribution is 2.09. The molecule has 0 fully saturated rings. The first-order valence-electron chi connectivity index (χ1n) is 15.2. The van der Waals surface area contributed by atoms with E-state index in [1.165, 1.54) is 26.4 Å². The summed E-state index contributed by atoms with van der Waals surface area (Å²) in [6.45, 7) is 9.67. The van der Waals surface area contributed by atoms with Gasteiger partial charge in [-0.25, -0.2) is 9.78 Å². The zero-order valence-electron chi connectivity index (χ0n) is 27.4. The van der Waals surface area contributed by atoms with Gasteiger partial charge in [0.15, 0.2) is 6.04 Å². The molecule has 0 aromatic carbocycles. The van der Waals surface area contributed by atoms with Gasteiger partial charge in [-0.3, -0.25) is 28.8 Å². The third kappa shape index (κ3) is 14.6. The van der Waals surface area contributed by atoms with Crippen LogP contribution in [0, 0.1) is 11.8 Å². The number of amides is 5. The smallest absolute Gasteiger partial charge is 0.328 e. The molecule has 0 aliphatic rings. The van der Waals surface area contributed by atoms with Crippen LogP contribution in [0.15, 0.2) is 12.5 Å². The summed E-state index contributed by atoms with van der Waals surface area (Å²) >= 11 is 0. The number of carbonyl (C=O) groups is 7. The third-order valence-corrected chi connectivity index (χ3v) is 6.82. The number of hydrogen-bond acceptors (Lipinski definition) is 10. The van der Waals surface area contributed by atoms with Gasteiger partial charge in [-0.05, 0) is 38.5 Å². The molecule has 11 N–H and O–H groups in total. The van der Waals surface area contributed by atoms with Gasteiger partial charge in [-0.1, -0.05) is 27.7 Å². The maximum absolute atomic E-state index is 13.5. The van der Waals surface area contributed by atoms with Gasteiger partial charge in [0.2, 0.25) is 29.5 Å². The van der Waals surface area contributed by atoms with Gasteiger partial charge in [0, 0.05) is 18.3 Å². The molecular weight excluding hydrogens is 620 g/mol. The van der Waals surface area contributed by atoms with Crippen molar-refractivity contribution in [3.05, 3.63) is 18.2 Å². The van der Waals surface area contributed by atoms with E-state index in [0.29, 0.717) is 5.69 Å². The Kier molecular flexibility index (Phi) is 16.5. The van der Waals surface area contributed by atoms with Crippen LogP contribution >= 0.6 is 0 Å². The van der Waals surface area contributed by atoms with Crippen LogP contribution in [-0.4, -0.2) is 109 Å². The summed E-state index contributed by atoms with van der Waals surface area (Å²) in [5.41, 5.74) is 6.07. The Balaban J connectivity index is 3.13. The van der Waals surface area contributed by atoms with Crippen molar-refractivity contribution in [3.8, 4) is 0 Å². The maximum Gasteiger partial charge on any atom is 0.328 e. The minimum atomic E-state index is -1.63. The Morgan fingerprint density at radius 2 is 1.23 bits per heavy atom. The number of hydrogen-bond donors (Lipinski definition) is 10. The number of rotatable bonds is 20. The van der Waals surface area contributed by atoms with Crippen molar-refractivity contribution in [2.24, 2.45) is 17.6 Å². The van der Waals surface area contributed by atoms with Crippen molar-refractivity contribution in [2.45, 2.75) is 110 Å². The highest BCUT2D eigenvalue weighted by Gasteiger charge is 2.33. The van der Waals surface area contributed by atoms with Gasteiger partial charge in [0.1, 0.15) is 24.2 Å². The average Bonchev–Trinajstić information content (AvgIpc) is 3.46. The minimum absolute atomic E-state index is 0.0873. The van der Waals surface area contributed by atoms with Gasteiger partial charge in [0.05, 0.1) is 24.9 Å². The van der Waals surface area contributed by atoms with Crippen LogP contribution < -0.4 is 32.3 Å². The first-order valence-corrected chi connectivity index (χ1v) is 15.2. The number of carbonyl (C=O) groups excluding carboxylic acids is 5. The second kappa shape index (κ2) is 19.2. The van der Waals surface area contributed by atoms with Crippen molar-refractivity contribution in [2.75, 3.05) is 0 Å². The van der Waals surface area contributed by atoms with E-state index in [4.69, 9.17) is 10.8 Å². The normalized spacial score (nSPS) is 15.7. The number of aliphatic hydroxyl groups is 1. The van der Waals surface area contributed by atoms with E-state index < -0.39 is 90.3 Å². The highest BCUT2D eigenvalue weighted by atomic mass is 16.4. The van der Waals surface area contributed by atoms with Crippen LogP contribution in [-0.2, 0) is 40.0 Å². The Labute approximate surface area is 272 Å². The number of nitrogens with zero attached hydrogens (tertiary/aromatic N) is 1. The Bertz CT molecular complexity index is 1240. The van der Waals surface area contributed by atoms with E-state index in [-0.39, 0.29) is 31.1 Å². The van der Waals surface area contributed by atoms with Crippen LogP contribution in [0.1, 0.15) is 66.5 Å². The number of aromatic amines is 1. The zero-order chi connectivity index (χ0) is 36.0. The second-order valence-corrected chi connectivity index (χ2v) is 12.2. The highest BCUT2D eigenvalue weighted by molar-refractivity contribution is 5.96. The maximum atomic E-state index is 13.5. The van der Waals surface area contributed by atoms with Crippen molar-refractivity contribution in [1.82, 2.24) is 36.6 Å². The van der Waals surface area contributed by atoms with Crippen molar-refractivity contribution in [1.29, 1.82) is 0 Å². The first-order chi connectivity index (χ1) is 21.8. The van der Waals surface area contributed by atoms with E-state index in [1.807, 2.05) is 0 Å². The van der Waals surface area contributed by atoms with E-state index in [1.54, 1.807) is 27.7 Å². The lowest BCUT2D eigenvalue weighted by atomic mass is 10.0. The molecule has 264 valence electrons. The zero-order valence-corrected chi connectivity index (χ0v) is 27.4. The molecule has 47 heavy (non-hydrogen) atoms. The number of carboxylic acid groups (broad SMARTS) is 2. The van der Waals surface area contributed by atoms with Crippen molar-refractivity contribution >= 4 is 41.5 Å². The lowest BCUT2D eigenvalue weighted by Gasteiger charge is -2.27. The lowest BCUT2D eigenvalue weighted by Crippen LogP contribution is -2.60. The fraction of sp³-hybridized carbons (Fsp3) is 0.655. The number of aliphatic carboxylic acids is 2. The summed E-state index contributed by atoms with van der Waals surface area (Å²) in [5.74, 6) is -7.03. The summed E-state index contributed by atoms with van der Waals surface area (Å²) in [6.07, 6.45) is 0.842. The average molecular weight is 669 g/mol. The molecule has 0 spiro atoms. The van der Waals surface area contributed by atoms with Crippen LogP contribution in [0.3, 0.4) is 0 Å². The number of nitrogens with one attached hydrogen (secondary N) is 6. The third-order valence-electron chi connectivity index (χ3n) is 6.82. The van der Waals surface area contributed by atoms with Crippen molar-refractivity contribution < 1.29 is 48.9 Å². The Hall–Kier alpha value is -4.58. The molecular formula is C29H48N8O10. The van der Waals surface area contributed by atoms with Gasteiger partial charge in [0.25, 0.3) is 0 Å². The van der Waals surface area contributed by atoms with E-state index in [9.17, 15) is 43.8 Å². The fourth-order valence-electron chi connectivity index (χ4n) is 4.38. The summed E-state index contributed by atoms with van der Waals surface area (Å²) in [5, 5.41) is 40.3. The molecule has 0 aliphatic carbocycles. The van der Waals surface area contributed by atoms with E-state index >= 15 is 0 Å². The second-order valence-electron chi connectivity index (χ2n) is 12.2. The standard InChI is InChI=1S/C29H48N8O10/c1-13(2)7-19(35-25(42)18(30)10-22(39)40)26(43)33-15(5)24(41)34-21(9-17-11-31-12-32-17)27(44)36-20(8-14(3)4)28(45)37-23(16(6)38)29(46)47/h11-16,18-21,23,38H,7-10,30H2,1-6H3,(H,31,32)(H,33,43)(H,34,41)(H,35,42)(H,36,44)(H,37,45)(H,39,40)(H,46,47). The molecule has 18 heteroatoms. The van der Waals surface area contributed by atoms with Gasteiger partial charge >= 0.3 is 11.9 Å². The molecule has 1 aromatic rings. The molecule has 7 unspecified atom stereocenters. The number of imidazole rings is 1. The number of H-pyrrole nitrogens is 1. The summed E-state index contributed by atoms with van der Waals surface area (Å²) in [7, 11) is 0. The van der Waals surface area contributed by atoms with Crippen LogP contribution in [0.5, 0.6) is 0 Å². The van der Waals surface area contributed by atoms with E-state index in [2.05, 4.69) is 36.6 Å². The Morgan fingerprint density at radius 3 is 1.68 bits per heavy atom. The number of aromatic nitrogens is 2. The van der Waals surface area contributed by atoms with Crippen molar-refractivity contribution in [3.63, 3.8) is 0 Å². The minimum Gasteiger partial charge on any atom is -0.481 e. The molecule has 18 nitrogen and oxygen atoms in total. The molecule has 0 saturated carbocycles. The van der Waals surface area contributed by atoms with Gasteiger partial charge in [-0.15, -0.1) is 0 Å². The first kappa shape index (κ1) is 40.4. The predicted octanol–water partition coefficient (Wildman–Crippen LogP) is -2.24. The molecule has 0 radical (unpaired) electrons. The molecule has 5 amide bonds. The topological polar surface area (TPSA) is 295 Å². The van der Waals surface area contributed by atoms with E-state index in [0.717, 1.165) is 0 Å². The largest absolute Gasteiger partial charge is 0.481 e. The molecule has 7 atom stereocenters.